The summed E-state index contributed by atoms with van der Waals surface area (Å²) in [7, 11) is 0. The predicted molar refractivity (Wildman–Crippen MR) is 82.2 cm³/mol. The van der Waals surface area contributed by atoms with Gasteiger partial charge in [0.15, 0.2) is 0 Å². The number of halogens is 4. The number of para-hydroxylation sites is 1. The van der Waals surface area contributed by atoms with Gasteiger partial charge in [-0.1, -0.05) is 23.7 Å². The molecule has 0 saturated carbocycles. The highest BCUT2D eigenvalue weighted by Crippen LogP contribution is 2.34. The average molecular weight is 358 g/mol. The summed E-state index contributed by atoms with van der Waals surface area (Å²) in [4.78, 5) is 23.3. The molecule has 0 aliphatic rings. The second-order valence-electron chi connectivity index (χ2n) is 4.74. The standard InChI is InChI=1S/C16H11ClF3NO3/c1-9(22)24-14-5-3-2-4-11(14)15(23)21-13-8-10(16(18,19)20)6-7-12(13)17/h2-8H,1H3,(H,21,23). The van der Waals surface area contributed by atoms with Crippen LogP contribution in [0.3, 0.4) is 0 Å². The zero-order valence-electron chi connectivity index (χ0n) is 12.3. The van der Waals surface area contributed by atoms with Gasteiger partial charge in [-0.05, 0) is 30.3 Å². The Morgan fingerprint density at radius 3 is 2.42 bits per heavy atom. The van der Waals surface area contributed by atoms with E-state index in [1.807, 2.05) is 0 Å². The summed E-state index contributed by atoms with van der Waals surface area (Å²) >= 11 is 5.83. The Bertz CT molecular complexity index is 790. The lowest BCUT2D eigenvalue weighted by molar-refractivity contribution is -0.137. The van der Waals surface area contributed by atoms with Crippen LogP contribution in [0.2, 0.25) is 5.02 Å². The lowest BCUT2D eigenvalue weighted by Gasteiger charge is -2.13. The maximum absolute atomic E-state index is 12.8. The van der Waals surface area contributed by atoms with Crippen LogP contribution in [0.25, 0.3) is 0 Å². The number of nitrogens with one attached hydrogen (secondary N) is 1. The second kappa shape index (κ2) is 6.92. The van der Waals surface area contributed by atoms with Crippen molar-refractivity contribution in [3.8, 4) is 5.75 Å². The molecule has 0 aliphatic heterocycles. The molecule has 0 heterocycles. The predicted octanol–water partition coefficient (Wildman–Crippen LogP) is 4.54. The van der Waals surface area contributed by atoms with E-state index >= 15 is 0 Å². The molecular formula is C16H11ClF3NO3. The van der Waals surface area contributed by atoms with Crippen molar-refractivity contribution < 1.29 is 27.5 Å². The zero-order valence-corrected chi connectivity index (χ0v) is 13.0. The third kappa shape index (κ3) is 4.26. The number of alkyl halides is 3. The number of anilines is 1. The molecule has 1 amide bonds. The summed E-state index contributed by atoms with van der Waals surface area (Å²) < 4.78 is 43.2. The second-order valence-corrected chi connectivity index (χ2v) is 5.14. The summed E-state index contributed by atoms with van der Waals surface area (Å²) in [6.07, 6.45) is -4.57. The highest BCUT2D eigenvalue weighted by Gasteiger charge is 2.31. The van der Waals surface area contributed by atoms with Gasteiger partial charge in [0, 0.05) is 6.92 Å². The van der Waals surface area contributed by atoms with Crippen molar-refractivity contribution in [2.45, 2.75) is 13.1 Å². The molecule has 2 aromatic rings. The van der Waals surface area contributed by atoms with E-state index in [4.69, 9.17) is 16.3 Å². The van der Waals surface area contributed by atoms with E-state index in [9.17, 15) is 22.8 Å². The first-order valence-electron chi connectivity index (χ1n) is 6.64. The van der Waals surface area contributed by atoms with Crippen LogP contribution in [0, 0.1) is 0 Å². The molecule has 0 spiro atoms. The zero-order chi connectivity index (χ0) is 17.9. The summed E-state index contributed by atoms with van der Waals surface area (Å²) in [6, 6.07) is 8.42. The first-order valence-corrected chi connectivity index (χ1v) is 7.02. The van der Waals surface area contributed by atoms with E-state index in [-0.39, 0.29) is 22.0 Å². The molecule has 0 atom stereocenters. The Kier molecular flexibility index (Phi) is 5.14. The summed E-state index contributed by atoms with van der Waals surface area (Å²) in [5, 5.41) is 2.24. The number of esters is 1. The lowest BCUT2D eigenvalue weighted by Crippen LogP contribution is -2.16. The van der Waals surface area contributed by atoms with E-state index in [0.717, 1.165) is 18.2 Å². The number of benzene rings is 2. The molecule has 4 nitrogen and oxygen atoms in total. The molecule has 0 bridgehead atoms. The Balaban J connectivity index is 2.32. The number of rotatable bonds is 3. The van der Waals surface area contributed by atoms with Gasteiger partial charge in [0.1, 0.15) is 5.75 Å². The maximum Gasteiger partial charge on any atom is 0.416 e. The van der Waals surface area contributed by atoms with Crippen molar-refractivity contribution in [3.05, 3.63) is 58.6 Å². The largest absolute Gasteiger partial charge is 0.426 e. The Morgan fingerprint density at radius 1 is 1.12 bits per heavy atom. The number of hydrogen-bond acceptors (Lipinski definition) is 3. The van der Waals surface area contributed by atoms with Gasteiger partial charge < -0.3 is 10.1 Å². The van der Waals surface area contributed by atoms with Gasteiger partial charge in [-0.15, -0.1) is 0 Å². The van der Waals surface area contributed by atoms with E-state index in [1.165, 1.54) is 25.1 Å². The summed E-state index contributed by atoms with van der Waals surface area (Å²) in [5.41, 5.74) is -1.16. The van der Waals surface area contributed by atoms with E-state index in [1.54, 1.807) is 6.07 Å². The fraction of sp³-hybridized carbons (Fsp3) is 0.125. The van der Waals surface area contributed by atoms with Crippen molar-refractivity contribution in [3.63, 3.8) is 0 Å². The SMILES string of the molecule is CC(=O)Oc1ccccc1C(=O)Nc1cc(C(F)(F)F)ccc1Cl. The van der Waals surface area contributed by atoms with Gasteiger partial charge in [-0.2, -0.15) is 13.2 Å². The molecule has 1 N–H and O–H groups in total. The van der Waals surface area contributed by atoms with Gasteiger partial charge in [-0.25, -0.2) is 0 Å². The number of amides is 1. The highest BCUT2D eigenvalue weighted by molar-refractivity contribution is 6.34. The van der Waals surface area contributed by atoms with Crippen LogP contribution in [0.5, 0.6) is 5.75 Å². The van der Waals surface area contributed by atoms with Crippen LogP contribution >= 0.6 is 11.6 Å². The average Bonchev–Trinajstić information content (AvgIpc) is 2.48. The first kappa shape index (κ1) is 17.8. The van der Waals surface area contributed by atoms with Gasteiger partial charge >= 0.3 is 12.1 Å². The molecule has 0 saturated heterocycles. The van der Waals surface area contributed by atoms with Crippen molar-refractivity contribution in [1.29, 1.82) is 0 Å². The minimum Gasteiger partial charge on any atom is -0.426 e. The maximum atomic E-state index is 12.8. The quantitative estimate of drug-likeness (QED) is 0.648. The first-order chi connectivity index (χ1) is 11.2. The van der Waals surface area contributed by atoms with Gasteiger partial charge in [-0.3, -0.25) is 9.59 Å². The fourth-order valence-electron chi connectivity index (χ4n) is 1.89. The minimum atomic E-state index is -4.57. The fourth-order valence-corrected chi connectivity index (χ4v) is 2.05. The molecule has 126 valence electrons. The third-order valence-electron chi connectivity index (χ3n) is 2.93. The molecule has 2 rings (SSSR count). The minimum absolute atomic E-state index is 0.00871. The molecule has 24 heavy (non-hydrogen) atoms. The number of ether oxygens (including phenoxy) is 1. The number of carbonyl (C=O) groups excluding carboxylic acids is 2. The van der Waals surface area contributed by atoms with Crippen LogP contribution in [0.1, 0.15) is 22.8 Å². The van der Waals surface area contributed by atoms with Gasteiger partial charge in [0.25, 0.3) is 5.91 Å². The third-order valence-corrected chi connectivity index (χ3v) is 3.26. The van der Waals surface area contributed by atoms with Gasteiger partial charge in [0.05, 0.1) is 21.8 Å². The summed E-state index contributed by atoms with van der Waals surface area (Å²) in [5.74, 6) is -1.40. The lowest BCUT2D eigenvalue weighted by atomic mass is 10.1. The van der Waals surface area contributed by atoms with Crippen LogP contribution < -0.4 is 10.1 Å². The normalized spacial score (nSPS) is 11.0. The smallest absolute Gasteiger partial charge is 0.416 e. The number of carbonyl (C=O) groups is 2. The Labute approximate surface area is 140 Å². The van der Waals surface area contributed by atoms with Crippen molar-refractivity contribution in [1.82, 2.24) is 0 Å². The monoisotopic (exact) mass is 357 g/mol. The molecule has 0 aromatic heterocycles. The Morgan fingerprint density at radius 2 is 1.79 bits per heavy atom. The molecule has 0 radical (unpaired) electrons. The van der Waals surface area contributed by atoms with Crippen molar-refractivity contribution in [2.75, 3.05) is 5.32 Å². The molecular weight excluding hydrogens is 347 g/mol. The van der Waals surface area contributed by atoms with Crippen molar-refractivity contribution >= 4 is 29.2 Å². The summed E-state index contributed by atoms with van der Waals surface area (Å²) in [6.45, 7) is 1.17. The van der Waals surface area contributed by atoms with Crippen molar-refractivity contribution in [2.24, 2.45) is 0 Å². The van der Waals surface area contributed by atoms with E-state index < -0.39 is 23.6 Å². The molecule has 0 aliphatic carbocycles. The molecule has 0 fully saturated rings. The number of hydrogen-bond donors (Lipinski definition) is 1. The van der Waals surface area contributed by atoms with Gasteiger partial charge in [0.2, 0.25) is 0 Å². The molecule has 0 unspecified atom stereocenters. The van der Waals surface area contributed by atoms with E-state index in [2.05, 4.69) is 5.32 Å². The van der Waals surface area contributed by atoms with Crippen LogP contribution in [-0.2, 0) is 11.0 Å². The van der Waals surface area contributed by atoms with Crippen LogP contribution in [-0.4, -0.2) is 11.9 Å². The molecule has 8 heteroatoms. The van der Waals surface area contributed by atoms with Crippen LogP contribution in [0.4, 0.5) is 18.9 Å². The van der Waals surface area contributed by atoms with Crippen LogP contribution in [0.15, 0.2) is 42.5 Å². The molecule has 2 aromatic carbocycles. The Hall–Kier alpha value is -2.54. The highest BCUT2D eigenvalue weighted by atomic mass is 35.5. The van der Waals surface area contributed by atoms with E-state index in [0.29, 0.717) is 0 Å². The topological polar surface area (TPSA) is 55.4 Å².